The van der Waals surface area contributed by atoms with Gasteiger partial charge in [0.1, 0.15) is 0 Å². The molecule has 8 heteroatoms. The number of halogens is 2. The Balaban J connectivity index is 1.77. The van der Waals surface area contributed by atoms with Crippen LogP contribution in [0.15, 0.2) is 47.9 Å². The molecule has 2 aromatic carbocycles. The average Bonchev–Trinajstić information content (AvgIpc) is 2.60. The summed E-state index contributed by atoms with van der Waals surface area (Å²) in [6.07, 6.45) is 1.52. The van der Waals surface area contributed by atoms with Gasteiger partial charge in [0.25, 0.3) is 0 Å². The molecule has 0 saturated carbocycles. The first-order valence-electron chi connectivity index (χ1n) is 8.20. The lowest BCUT2D eigenvalue weighted by Crippen LogP contribution is -2.29. The summed E-state index contributed by atoms with van der Waals surface area (Å²) in [5.74, 6) is -0.286. The van der Waals surface area contributed by atoms with E-state index >= 15 is 0 Å². The Hall–Kier alpha value is -1.86. The average molecular weight is 427 g/mol. The summed E-state index contributed by atoms with van der Waals surface area (Å²) < 4.78 is 26.3. The van der Waals surface area contributed by atoms with Gasteiger partial charge in [-0.05, 0) is 36.3 Å². The van der Waals surface area contributed by atoms with Crippen molar-refractivity contribution in [3.05, 3.63) is 74.6 Å². The Bertz CT molecular complexity index is 926. The summed E-state index contributed by atoms with van der Waals surface area (Å²) in [5, 5.41) is 4.76. The Morgan fingerprint density at radius 1 is 1.11 bits per heavy atom. The van der Waals surface area contributed by atoms with E-state index in [2.05, 4.69) is 10.0 Å². The minimum atomic E-state index is -3.61. The van der Waals surface area contributed by atoms with Crippen LogP contribution in [-0.2, 0) is 21.4 Å². The van der Waals surface area contributed by atoms with Gasteiger partial charge in [0, 0.05) is 35.0 Å². The number of amides is 1. The van der Waals surface area contributed by atoms with Crippen molar-refractivity contribution < 1.29 is 13.2 Å². The van der Waals surface area contributed by atoms with Gasteiger partial charge in [-0.25, -0.2) is 13.1 Å². The highest BCUT2D eigenvalue weighted by molar-refractivity contribution is 7.92. The molecule has 2 N–H and O–H groups in total. The van der Waals surface area contributed by atoms with Gasteiger partial charge < -0.3 is 5.32 Å². The quantitative estimate of drug-likeness (QED) is 0.671. The second kappa shape index (κ2) is 9.90. The monoisotopic (exact) mass is 426 g/mol. The number of hydrogen-bond donors (Lipinski definition) is 2. The minimum Gasteiger partial charge on any atom is -0.352 e. The lowest BCUT2D eigenvalue weighted by Gasteiger charge is -2.08. The van der Waals surface area contributed by atoms with Gasteiger partial charge in [0.15, 0.2) is 0 Å². The molecule has 0 fully saturated rings. The maximum atomic E-state index is 11.9. The van der Waals surface area contributed by atoms with Crippen LogP contribution in [0.5, 0.6) is 0 Å². The number of rotatable bonds is 8. The standard InChI is InChI=1S/C19H20Cl2N2O3S/c1-14-2-4-15(5-3-14)9-11-27(25,26)23-10-8-19(24)22-13-16-6-7-17(20)12-18(16)21/h2-7,9,11-12,23H,8,10,13H2,1H3,(H,22,24). The number of nitrogens with one attached hydrogen (secondary N) is 2. The molecule has 2 aromatic rings. The van der Waals surface area contributed by atoms with Crippen LogP contribution in [0.2, 0.25) is 10.0 Å². The molecule has 0 saturated heterocycles. The third-order valence-corrected chi connectivity index (χ3v) is 5.35. The minimum absolute atomic E-state index is 0.000748. The molecule has 0 bridgehead atoms. The SMILES string of the molecule is Cc1ccc(C=CS(=O)(=O)NCCC(=O)NCc2ccc(Cl)cc2Cl)cc1. The highest BCUT2D eigenvalue weighted by Gasteiger charge is 2.08. The smallest absolute Gasteiger partial charge is 0.233 e. The Kier molecular flexibility index (Phi) is 7.86. The van der Waals surface area contributed by atoms with Crippen molar-refractivity contribution in [3.63, 3.8) is 0 Å². The van der Waals surface area contributed by atoms with Crippen LogP contribution in [0, 0.1) is 6.92 Å². The number of sulfonamides is 1. The molecule has 0 radical (unpaired) electrons. The molecule has 0 atom stereocenters. The molecule has 0 spiro atoms. The van der Waals surface area contributed by atoms with E-state index < -0.39 is 10.0 Å². The topological polar surface area (TPSA) is 75.3 Å². The first-order chi connectivity index (χ1) is 12.7. The van der Waals surface area contributed by atoms with Gasteiger partial charge in [0.05, 0.1) is 0 Å². The maximum Gasteiger partial charge on any atom is 0.233 e. The Morgan fingerprint density at radius 3 is 2.48 bits per heavy atom. The van der Waals surface area contributed by atoms with E-state index in [1.165, 1.54) is 6.08 Å². The predicted molar refractivity (Wildman–Crippen MR) is 110 cm³/mol. The van der Waals surface area contributed by atoms with Crippen molar-refractivity contribution in [2.45, 2.75) is 19.9 Å². The summed E-state index contributed by atoms with van der Waals surface area (Å²) in [4.78, 5) is 11.9. The lowest BCUT2D eigenvalue weighted by molar-refractivity contribution is -0.121. The summed E-state index contributed by atoms with van der Waals surface area (Å²) >= 11 is 11.9. The predicted octanol–water partition coefficient (Wildman–Crippen LogP) is 3.90. The molecule has 0 heterocycles. The molecule has 0 aliphatic rings. The molecular weight excluding hydrogens is 407 g/mol. The van der Waals surface area contributed by atoms with E-state index in [9.17, 15) is 13.2 Å². The van der Waals surface area contributed by atoms with Crippen molar-refractivity contribution in [1.82, 2.24) is 10.0 Å². The number of benzene rings is 2. The zero-order chi connectivity index (χ0) is 19.9. The number of hydrogen-bond acceptors (Lipinski definition) is 3. The van der Waals surface area contributed by atoms with Crippen LogP contribution >= 0.6 is 23.2 Å². The molecular formula is C19H20Cl2N2O3S. The number of carbonyl (C=O) groups is 1. The van der Waals surface area contributed by atoms with E-state index in [1.54, 1.807) is 18.2 Å². The zero-order valence-electron chi connectivity index (χ0n) is 14.7. The van der Waals surface area contributed by atoms with Gasteiger partial charge in [-0.1, -0.05) is 59.1 Å². The zero-order valence-corrected chi connectivity index (χ0v) is 17.0. The largest absolute Gasteiger partial charge is 0.352 e. The second-order valence-electron chi connectivity index (χ2n) is 5.92. The van der Waals surface area contributed by atoms with Crippen LogP contribution in [0.4, 0.5) is 0 Å². The van der Waals surface area contributed by atoms with E-state index in [-0.39, 0.29) is 25.4 Å². The van der Waals surface area contributed by atoms with Crippen LogP contribution in [0.1, 0.15) is 23.1 Å². The van der Waals surface area contributed by atoms with Crippen molar-refractivity contribution >= 4 is 45.2 Å². The van der Waals surface area contributed by atoms with Crippen LogP contribution in [0.25, 0.3) is 6.08 Å². The van der Waals surface area contributed by atoms with Crippen molar-refractivity contribution in [2.75, 3.05) is 6.54 Å². The van der Waals surface area contributed by atoms with Crippen molar-refractivity contribution in [1.29, 1.82) is 0 Å². The van der Waals surface area contributed by atoms with Crippen LogP contribution in [-0.4, -0.2) is 20.9 Å². The first kappa shape index (κ1) is 21.4. The second-order valence-corrected chi connectivity index (χ2v) is 8.41. The summed E-state index contributed by atoms with van der Waals surface area (Å²) in [6, 6.07) is 12.5. The van der Waals surface area contributed by atoms with Crippen LogP contribution < -0.4 is 10.0 Å². The molecule has 144 valence electrons. The van der Waals surface area contributed by atoms with Crippen molar-refractivity contribution in [3.8, 4) is 0 Å². The molecule has 2 rings (SSSR count). The fraction of sp³-hybridized carbons (Fsp3) is 0.211. The van der Waals surface area contributed by atoms with Crippen molar-refractivity contribution in [2.24, 2.45) is 0 Å². The molecule has 0 aliphatic heterocycles. The van der Waals surface area contributed by atoms with E-state index in [4.69, 9.17) is 23.2 Å². The fourth-order valence-electron chi connectivity index (χ4n) is 2.15. The molecule has 5 nitrogen and oxygen atoms in total. The maximum absolute atomic E-state index is 11.9. The third kappa shape index (κ3) is 7.72. The van der Waals surface area contributed by atoms with Gasteiger partial charge in [-0.3, -0.25) is 4.79 Å². The Labute approximate surface area is 169 Å². The number of aryl methyl sites for hydroxylation is 1. The van der Waals surface area contributed by atoms with Gasteiger partial charge in [0.2, 0.25) is 15.9 Å². The van der Waals surface area contributed by atoms with E-state index in [0.29, 0.717) is 10.0 Å². The van der Waals surface area contributed by atoms with E-state index in [0.717, 1.165) is 22.1 Å². The fourth-order valence-corrected chi connectivity index (χ4v) is 3.44. The first-order valence-corrected chi connectivity index (χ1v) is 10.5. The normalized spacial score (nSPS) is 11.7. The molecule has 27 heavy (non-hydrogen) atoms. The number of carbonyl (C=O) groups excluding carboxylic acids is 1. The Morgan fingerprint density at radius 2 is 1.81 bits per heavy atom. The van der Waals surface area contributed by atoms with Crippen LogP contribution in [0.3, 0.4) is 0 Å². The highest BCUT2D eigenvalue weighted by Crippen LogP contribution is 2.20. The van der Waals surface area contributed by atoms with Gasteiger partial charge >= 0.3 is 0 Å². The molecule has 1 amide bonds. The molecule has 0 aromatic heterocycles. The van der Waals surface area contributed by atoms with E-state index in [1.807, 2.05) is 31.2 Å². The van der Waals surface area contributed by atoms with Gasteiger partial charge in [-0.2, -0.15) is 0 Å². The van der Waals surface area contributed by atoms with Gasteiger partial charge in [-0.15, -0.1) is 0 Å². The lowest BCUT2D eigenvalue weighted by atomic mass is 10.2. The third-order valence-electron chi connectivity index (χ3n) is 3.66. The summed E-state index contributed by atoms with van der Waals surface area (Å²) in [6.45, 7) is 2.20. The molecule has 0 unspecified atom stereocenters. The molecule has 0 aliphatic carbocycles. The summed E-state index contributed by atoms with van der Waals surface area (Å²) in [5.41, 5.74) is 2.61. The summed E-state index contributed by atoms with van der Waals surface area (Å²) in [7, 11) is -3.61. The highest BCUT2D eigenvalue weighted by atomic mass is 35.5.